The normalized spacial score (nSPS) is 11.7. The summed E-state index contributed by atoms with van der Waals surface area (Å²) in [5.41, 5.74) is -1.35. The lowest BCUT2D eigenvalue weighted by atomic mass is 10.2. The van der Waals surface area contributed by atoms with Crippen LogP contribution in [0.3, 0.4) is 0 Å². The van der Waals surface area contributed by atoms with E-state index in [1.54, 1.807) is 0 Å². The summed E-state index contributed by atoms with van der Waals surface area (Å²) in [6, 6.07) is 5.00. The van der Waals surface area contributed by atoms with Crippen LogP contribution in [0.25, 0.3) is 0 Å². The molecule has 0 aromatic heterocycles. The van der Waals surface area contributed by atoms with E-state index in [1.165, 1.54) is 24.3 Å². The van der Waals surface area contributed by atoms with E-state index < -0.39 is 63.8 Å². The molecule has 0 atom stereocenters. The second kappa shape index (κ2) is 8.41. The standard InChI is InChI=1S/C16H11ClF5NO4S/c1-23(28(25,26)9-4-2-8(17)3-5-9)6-11(24)27-7-10-12(18)14(20)16(22)15(21)13(10)19/h2-5H,6-7H2,1H3. The Morgan fingerprint density at radius 3 is 1.93 bits per heavy atom. The largest absolute Gasteiger partial charge is 0.460 e. The van der Waals surface area contributed by atoms with Gasteiger partial charge in [-0.25, -0.2) is 30.4 Å². The van der Waals surface area contributed by atoms with Crippen LogP contribution in [0.4, 0.5) is 22.0 Å². The number of esters is 1. The first-order valence-corrected chi connectivity index (χ1v) is 9.16. The number of carbonyl (C=O) groups is 1. The topological polar surface area (TPSA) is 63.7 Å². The number of ether oxygens (including phenoxy) is 1. The van der Waals surface area contributed by atoms with Crippen LogP contribution in [0.5, 0.6) is 0 Å². The number of benzene rings is 2. The molecule has 0 aliphatic rings. The first-order chi connectivity index (χ1) is 13.0. The van der Waals surface area contributed by atoms with Gasteiger partial charge in [0.05, 0.1) is 10.5 Å². The van der Waals surface area contributed by atoms with Gasteiger partial charge in [-0.3, -0.25) is 4.79 Å². The van der Waals surface area contributed by atoms with Crippen molar-refractivity contribution in [2.24, 2.45) is 0 Å². The molecule has 2 rings (SSSR count). The fourth-order valence-electron chi connectivity index (χ4n) is 2.03. The maximum Gasteiger partial charge on any atom is 0.321 e. The van der Waals surface area contributed by atoms with Gasteiger partial charge in [0.2, 0.25) is 15.8 Å². The van der Waals surface area contributed by atoms with E-state index in [2.05, 4.69) is 4.74 Å². The fourth-order valence-corrected chi connectivity index (χ4v) is 3.27. The van der Waals surface area contributed by atoms with Gasteiger partial charge in [-0.1, -0.05) is 11.6 Å². The third-order valence-corrected chi connectivity index (χ3v) is 5.62. The van der Waals surface area contributed by atoms with Gasteiger partial charge in [0.15, 0.2) is 23.3 Å². The maximum absolute atomic E-state index is 13.5. The number of sulfonamides is 1. The molecule has 0 spiro atoms. The Labute approximate surface area is 161 Å². The summed E-state index contributed by atoms with van der Waals surface area (Å²) in [7, 11) is -3.08. The zero-order valence-electron chi connectivity index (χ0n) is 14.0. The molecule has 2 aromatic carbocycles. The lowest BCUT2D eigenvalue weighted by molar-refractivity contribution is -0.145. The van der Waals surface area contributed by atoms with E-state index in [1.807, 2.05) is 0 Å². The van der Waals surface area contributed by atoms with Gasteiger partial charge in [0.25, 0.3) is 0 Å². The van der Waals surface area contributed by atoms with Crippen LogP contribution < -0.4 is 0 Å². The predicted octanol–water partition coefficient (Wildman–Crippen LogP) is 3.40. The zero-order chi connectivity index (χ0) is 21.2. The summed E-state index contributed by atoms with van der Waals surface area (Å²) < 4.78 is 95.9. The third kappa shape index (κ3) is 4.42. The summed E-state index contributed by atoms with van der Waals surface area (Å²) in [5, 5.41) is 0.281. The van der Waals surface area contributed by atoms with Crippen molar-refractivity contribution in [3.05, 3.63) is 63.9 Å². The molecular formula is C16H11ClF5NO4S. The molecule has 0 N–H and O–H groups in total. The minimum absolute atomic E-state index is 0.188. The Bertz CT molecular complexity index is 986. The Balaban J connectivity index is 2.10. The van der Waals surface area contributed by atoms with Crippen molar-refractivity contribution in [2.75, 3.05) is 13.6 Å². The summed E-state index contributed by atoms with van der Waals surface area (Å²) >= 11 is 5.66. The molecule has 12 heteroatoms. The number of hydrogen-bond acceptors (Lipinski definition) is 4. The van der Waals surface area contributed by atoms with Crippen molar-refractivity contribution in [3.63, 3.8) is 0 Å². The van der Waals surface area contributed by atoms with Crippen molar-refractivity contribution in [2.45, 2.75) is 11.5 Å². The highest BCUT2D eigenvalue weighted by Gasteiger charge is 2.27. The van der Waals surface area contributed by atoms with E-state index in [-0.39, 0.29) is 9.92 Å². The van der Waals surface area contributed by atoms with E-state index in [0.717, 1.165) is 7.05 Å². The lowest BCUT2D eigenvalue weighted by Gasteiger charge is -2.16. The van der Waals surface area contributed by atoms with Crippen LogP contribution >= 0.6 is 11.6 Å². The Kier molecular flexibility index (Phi) is 6.63. The minimum Gasteiger partial charge on any atom is -0.460 e. The second-order valence-electron chi connectivity index (χ2n) is 5.42. The van der Waals surface area contributed by atoms with E-state index >= 15 is 0 Å². The molecule has 0 amide bonds. The van der Waals surface area contributed by atoms with Crippen LogP contribution in [0.1, 0.15) is 5.56 Å². The molecule has 0 bridgehead atoms. The minimum atomic E-state index is -4.11. The van der Waals surface area contributed by atoms with Gasteiger partial charge >= 0.3 is 5.97 Å². The highest BCUT2D eigenvalue weighted by atomic mass is 35.5. The van der Waals surface area contributed by atoms with Crippen LogP contribution in [-0.2, 0) is 26.2 Å². The van der Waals surface area contributed by atoms with Crippen LogP contribution in [0.2, 0.25) is 5.02 Å². The Morgan fingerprint density at radius 1 is 0.964 bits per heavy atom. The molecule has 0 radical (unpaired) electrons. The second-order valence-corrected chi connectivity index (χ2v) is 7.91. The summed E-state index contributed by atoms with van der Waals surface area (Å²) in [6.07, 6.45) is 0. The molecule has 0 unspecified atom stereocenters. The molecule has 2 aromatic rings. The van der Waals surface area contributed by atoms with E-state index in [4.69, 9.17) is 11.6 Å². The third-order valence-electron chi connectivity index (χ3n) is 3.55. The molecule has 152 valence electrons. The molecule has 0 saturated carbocycles. The summed E-state index contributed by atoms with van der Waals surface area (Å²) in [4.78, 5) is 11.6. The van der Waals surface area contributed by atoms with E-state index in [0.29, 0.717) is 4.31 Å². The average Bonchev–Trinajstić information content (AvgIpc) is 2.65. The van der Waals surface area contributed by atoms with Gasteiger partial charge in [-0.2, -0.15) is 4.31 Å². The Hall–Kier alpha value is -2.24. The van der Waals surface area contributed by atoms with Crippen molar-refractivity contribution in [3.8, 4) is 0 Å². The quantitative estimate of drug-likeness (QED) is 0.297. The molecule has 0 heterocycles. The van der Waals surface area contributed by atoms with Crippen LogP contribution in [-0.4, -0.2) is 32.3 Å². The monoisotopic (exact) mass is 443 g/mol. The number of halogens is 6. The van der Waals surface area contributed by atoms with E-state index in [9.17, 15) is 35.2 Å². The number of likely N-dealkylation sites (N-methyl/N-ethyl adjacent to an activating group) is 1. The predicted molar refractivity (Wildman–Crippen MR) is 87.3 cm³/mol. The highest BCUT2D eigenvalue weighted by Crippen LogP contribution is 2.24. The number of rotatable bonds is 6. The molecule has 0 fully saturated rings. The van der Waals surface area contributed by atoms with Crippen molar-refractivity contribution >= 4 is 27.6 Å². The molecule has 0 saturated heterocycles. The maximum atomic E-state index is 13.5. The fraction of sp³-hybridized carbons (Fsp3) is 0.188. The zero-order valence-corrected chi connectivity index (χ0v) is 15.6. The SMILES string of the molecule is CN(CC(=O)OCc1c(F)c(F)c(F)c(F)c1F)S(=O)(=O)c1ccc(Cl)cc1. The van der Waals surface area contributed by atoms with Crippen molar-refractivity contribution in [1.29, 1.82) is 0 Å². The van der Waals surface area contributed by atoms with Crippen molar-refractivity contribution < 1.29 is 39.9 Å². The highest BCUT2D eigenvalue weighted by molar-refractivity contribution is 7.89. The smallest absolute Gasteiger partial charge is 0.321 e. The first-order valence-electron chi connectivity index (χ1n) is 7.34. The molecule has 5 nitrogen and oxygen atoms in total. The Morgan fingerprint density at radius 2 is 1.43 bits per heavy atom. The van der Waals surface area contributed by atoms with Gasteiger partial charge in [-0.15, -0.1) is 0 Å². The average molecular weight is 444 g/mol. The molecule has 0 aliphatic heterocycles. The first kappa shape index (κ1) is 22.1. The molecule has 28 heavy (non-hydrogen) atoms. The summed E-state index contributed by atoms with van der Waals surface area (Å²) in [6.45, 7) is -2.15. The number of hydrogen-bond donors (Lipinski definition) is 0. The van der Waals surface area contributed by atoms with Gasteiger partial charge in [0.1, 0.15) is 13.2 Å². The summed E-state index contributed by atoms with van der Waals surface area (Å²) in [5.74, 6) is -12.3. The van der Waals surface area contributed by atoms with Crippen molar-refractivity contribution in [1.82, 2.24) is 4.31 Å². The van der Waals surface area contributed by atoms with Crippen LogP contribution in [0, 0.1) is 29.1 Å². The lowest BCUT2D eigenvalue weighted by Crippen LogP contribution is -2.33. The van der Waals surface area contributed by atoms with Crippen LogP contribution in [0.15, 0.2) is 29.2 Å². The molecule has 0 aliphatic carbocycles. The van der Waals surface area contributed by atoms with Gasteiger partial charge in [0, 0.05) is 12.1 Å². The van der Waals surface area contributed by atoms with Gasteiger partial charge in [-0.05, 0) is 24.3 Å². The molecular weight excluding hydrogens is 433 g/mol. The number of nitrogens with zero attached hydrogens (tertiary/aromatic N) is 1. The number of carbonyl (C=O) groups excluding carboxylic acids is 1. The van der Waals surface area contributed by atoms with Gasteiger partial charge < -0.3 is 4.74 Å².